The van der Waals surface area contributed by atoms with Crippen molar-refractivity contribution in [1.29, 1.82) is 0 Å². The Bertz CT molecular complexity index is 1310. The number of carbonyl (C=O) groups excluding carboxylic acids is 1. The number of hydrogen-bond acceptors (Lipinski definition) is 6. The minimum Gasteiger partial charge on any atom is -0.458 e. The third kappa shape index (κ3) is 3.88. The average Bonchev–Trinajstić information content (AvgIpc) is 3.63. The number of nitrogens with zero attached hydrogens (tertiary/aromatic N) is 2. The van der Waals surface area contributed by atoms with Crippen molar-refractivity contribution >= 4 is 40.0 Å². The second kappa shape index (κ2) is 8.18. The highest BCUT2D eigenvalue weighted by Gasteiger charge is 2.55. The number of halogens is 2. The lowest BCUT2D eigenvalue weighted by atomic mass is 10.0. The summed E-state index contributed by atoms with van der Waals surface area (Å²) in [6.07, 6.45) is 1.43. The van der Waals surface area contributed by atoms with E-state index in [1.807, 2.05) is 48.5 Å². The molecule has 1 aliphatic rings. The van der Waals surface area contributed by atoms with Crippen molar-refractivity contribution in [3.63, 3.8) is 0 Å². The molecular formula is C24H17ClFN3O3. The van der Waals surface area contributed by atoms with Gasteiger partial charge in [0.2, 0.25) is 5.60 Å². The van der Waals surface area contributed by atoms with Gasteiger partial charge in [-0.25, -0.2) is 19.2 Å². The van der Waals surface area contributed by atoms with E-state index in [1.54, 1.807) is 6.07 Å². The summed E-state index contributed by atoms with van der Waals surface area (Å²) in [6, 6.07) is 19.1. The SMILES string of the molecule is O=C(OCc1ccc2ncnc(Nc3ccc(F)c(Cl)c3)c2c1)C1(c2ccccc2)CO1. The molecule has 0 aliphatic carbocycles. The van der Waals surface area contributed by atoms with Crippen molar-refractivity contribution in [2.24, 2.45) is 0 Å². The molecule has 1 N–H and O–H groups in total. The third-order valence-corrected chi connectivity index (χ3v) is 5.54. The summed E-state index contributed by atoms with van der Waals surface area (Å²) in [5.41, 5.74) is 1.82. The molecule has 0 bridgehead atoms. The van der Waals surface area contributed by atoms with E-state index in [0.29, 0.717) is 23.6 Å². The molecule has 1 saturated heterocycles. The zero-order valence-corrected chi connectivity index (χ0v) is 17.5. The molecule has 3 aromatic carbocycles. The number of esters is 1. The quantitative estimate of drug-likeness (QED) is 0.324. The highest BCUT2D eigenvalue weighted by atomic mass is 35.5. The summed E-state index contributed by atoms with van der Waals surface area (Å²) in [6.45, 7) is 0.374. The maximum Gasteiger partial charge on any atom is 0.345 e. The van der Waals surface area contributed by atoms with Gasteiger partial charge in [-0.15, -0.1) is 0 Å². The molecule has 1 aliphatic heterocycles. The Kier molecular flexibility index (Phi) is 5.20. The van der Waals surface area contributed by atoms with Crippen molar-refractivity contribution in [3.05, 3.63) is 95.0 Å². The normalized spacial score (nSPS) is 17.2. The van der Waals surface area contributed by atoms with Crippen LogP contribution in [0.3, 0.4) is 0 Å². The van der Waals surface area contributed by atoms with Crippen LogP contribution in [-0.2, 0) is 26.5 Å². The Hall–Kier alpha value is -3.55. The summed E-state index contributed by atoms with van der Waals surface area (Å²) < 4.78 is 24.5. The number of ether oxygens (including phenoxy) is 2. The van der Waals surface area contributed by atoms with Crippen LogP contribution in [0, 0.1) is 5.82 Å². The Labute approximate surface area is 188 Å². The van der Waals surface area contributed by atoms with Crippen LogP contribution in [0.15, 0.2) is 73.1 Å². The van der Waals surface area contributed by atoms with Crippen LogP contribution in [0.1, 0.15) is 11.1 Å². The number of aromatic nitrogens is 2. The van der Waals surface area contributed by atoms with E-state index in [2.05, 4.69) is 15.3 Å². The second-order valence-corrected chi connectivity index (χ2v) is 7.79. The number of rotatable bonds is 6. The zero-order valence-electron chi connectivity index (χ0n) is 16.7. The van der Waals surface area contributed by atoms with Gasteiger partial charge in [-0.2, -0.15) is 0 Å². The highest BCUT2D eigenvalue weighted by molar-refractivity contribution is 6.31. The second-order valence-electron chi connectivity index (χ2n) is 7.39. The van der Waals surface area contributed by atoms with Crippen LogP contribution in [0.5, 0.6) is 0 Å². The van der Waals surface area contributed by atoms with Crippen LogP contribution in [0.4, 0.5) is 15.9 Å². The maximum absolute atomic E-state index is 13.5. The van der Waals surface area contributed by atoms with Gasteiger partial charge in [-0.05, 0) is 41.5 Å². The van der Waals surface area contributed by atoms with Crippen molar-refractivity contribution in [3.8, 4) is 0 Å². The molecule has 0 saturated carbocycles. The van der Waals surface area contributed by atoms with E-state index in [-0.39, 0.29) is 11.6 Å². The first-order valence-electron chi connectivity index (χ1n) is 9.88. The molecule has 0 radical (unpaired) electrons. The Balaban J connectivity index is 1.36. The van der Waals surface area contributed by atoms with E-state index < -0.39 is 17.4 Å². The van der Waals surface area contributed by atoms with E-state index in [4.69, 9.17) is 21.1 Å². The molecule has 1 unspecified atom stereocenters. The number of benzene rings is 3. The smallest absolute Gasteiger partial charge is 0.345 e. The number of nitrogens with one attached hydrogen (secondary N) is 1. The van der Waals surface area contributed by atoms with E-state index in [1.165, 1.54) is 18.5 Å². The number of epoxide rings is 1. The number of anilines is 2. The molecule has 0 spiro atoms. The predicted octanol–water partition coefficient (Wildman–Crippen LogP) is 5.13. The molecule has 1 atom stereocenters. The van der Waals surface area contributed by atoms with E-state index in [0.717, 1.165) is 16.5 Å². The standard InChI is InChI=1S/C24H17ClFN3O3/c25-19-11-17(7-8-20(19)26)29-22-18-10-15(6-9-21(18)27-14-28-22)12-31-23(30)24(13-32-24)16-4-2-1-3-5-16/h1-11,14H,12-13H2,(H,27,28,29). The van der Waals surface area contributed by atoms with Crippen molar-refractivity contribution < 1.29 is 18.7 Å². The van der Waals surface area contributed by atoms with Gasteiger partial charge in [-0.1, -0.05) is 48.0 Å². The Morgan fingerprint density at radius 1 is 1.12 bits per heavy atom. The number of carbonyl (C=O) groups is 1. The summed E-state index contributed by atoms with van der Waals surface area (Å²) >= 11 is 5.87. The molecule has 32 heavy (non-hydrogen) atoms. The van der Waals surface area contributed by atoms with Gasteiger partial charge < -0.3 is 14.8 Å². The molecule has 1 aromatic heterocycles. The summed E-state index contributed by atoms with van der Waals surface area (Å²) in [5.74, 6) is -0.397. The fourth-order valence-corrected chi connectivity index (χ4v) is 3.63. The fraction of sp³-hybridized carbons (Fsp3) is 0.125. The Morgan fingerprint density at radius 3 is 2.69 bits per heavy atom. The zero-order chi connectivity index (χ0) is 22.1. The van der Waals surface area contributed by atoms with Gasteiger partial charge in [0.25, 0.3) is 0 Å². The molecule has 8 heteroatoms. The van der Waals surface area contributed by atoms with Crippen molar-refractivity contribution in [1.82, 2.24) is 9.97 Å². The van der Waals surface area contributed by atoms with Crippen LogP contribution in [0.2, 0.25) is 5.02 Å². The van der Waals surface area contributed by atoms with Gasteiger partial charge in [0.15, 0.2) is 0 Å². The van der Waals surface area contributed by atoms with E-state index in [9.17, 15) is 9.18 Å². The summed E-state index contributed by atoms with van der Waals surface area (Å²) in [7, 11) is 0. The van der Waals surface area contributed by atoms with Crippen LogP contribution in [0.25, 0.3) is 10.9 Å². The molecule has 4 aromatic rings. The first-order valence-corrected chi connectivity index (χ1v) is 10.3. The molecule has 2 heterocycles. The monoisotopic (exact) mass is 449 g/mol. The van der Waals surface area contributed by atoms with Crippen LogP contribution >= 0.6 is 11.6 Å². The van der Waals surface area contributed by atoms with E-state index >= 15 is 0 Å². The molecule has 160 valence electrons. The lowest BCUT2D eigenvalue weighted by Gasteiger charge is -2.13. The lowest BCUT2D eigenvalue weighted by molar-refractivity contribution is -0.151. The predicted molar refractivity (Wildman–Crippen MR) is 118 cm³/mol. The highest BCUT2D eigenvalue weighted by Crippen LogP contribution is 2.40. The third-order valence-electron chi connectivity index (χ3n) is 5.25. The first kappa shape index (κ1) is 20.4. The summed E-state index contributed by atoms with van der Waals surface area (Å²) in [4.78, 5) is 21.3. The minimum absolute atomic E-state index is 0.00982. The van der Waals surface area contributed by atoms with Crippen molar-refractivity contribution in [2.75, 3.05) is 11.9 Å². The van der Waals surface area contributed by atoms with Crippen LogP contribution in [-0.4, -0.2) is 22.5 Å². The van der Waals surface area contributed by atoms with Crippen LogP contribution < -0.4 is 5.32 Å². The molecule has 1 fully saturated rings. The maximum atomic E-state index is 13.5. The molecule has 0 amide bonds. The van der Waals surface area contributed by atoms with Gasteiger partial charge in [0, 0.05) is 11.1 Å². The number of hydrogen-bond donors (Lipinski definition) is 1. The molecule has 6 nitrogen and oxygen atoms in total. The molecular weight excluding hydrogens is 433 g/mol. The minimum atomic E-state index is -1.02. The lowest BCUT2D eigenvalue weighted by Crippen LogP contribution is -2.24. The largest absolute Gasteiger partial charge is 0.458 e. The van der Waals surface area contributed by atoms with Gasteiger partial charge in [0.05, 0.1) is 17.1 Å². The number of fused-ring (bicyclic) bond motifs is 1. The topological polar surface area (TPSA) is 76.6 Å². The van der Waals surface area contributed by atoms with Gasteiger partial charge in [0.1, 0.15) is 24.6 Å². The Morgan fingerprint density at radius 2 is 1.94 bits per heavy atom. The fourth-order valence-electron chi connectivity index (χ4n) is 3.45. The summed E-state index contributed by atoms with van der Waals surface area (Å²) in [5, 5.41) is 3.87. The average molecular weight is 450 g/mol. The van der Waals surface area contributed by atoms with Crippen molar-refractivity contribution in [2.45, 2.75) is 12.2 Å². The van der Waals surface area contributed by atoms with Gasteiger partial charge >= 0.3 is 5.97 Å². The molecule has 5 rings (SSSR count). The van der Waals surface area contributed by atoms with Gasteiger partial charge in [-0.3, -0.25) is 0 Å². The first-order chi connectivity index (χ1) is 15.5.